The summed E-state index contributed by atoms with van der Waals surface area (Å²) in [7, 11) is 0. The molecular formula is C11H16N2O3. The molecule has 0 aliphatic rings. The van der Waals surface area contributed by atoms with Crippen LogP contribution in [-0.2, 0) is 0 Å². The van der Waals surface area contributed by atoms with Crippen LogP contribution in [0.1, 0.15) is 30.3 Å². The quantitative estimate of drug-likeness (QED) is 0.686. The Hall–Kier alpha value is -1.62. The van der Waals surface area contributed by atoms with E-state index in [0.717, 1.165) is 6.42 Å². The van der Waals surface area contributed by atoms with Gasteiger partial charge in [0.15, 0.2) is 5.69 Å². The van der Waals surface area contributed by atoms with Crippen LogP contribution in [0.2, 0.25) is 0 Å². The van der Waals surface area contributed by atoms with Crippen LogP contribution in [0.15, 0.2) is 18.3 Å². The molecule has 0 bridgehead atoms. The molecule has 0 aliphatic carbocycles. The topological polar surface area (TPSA) is 82.5 Å². The second-order valence-electron chi connectivity index (χ2n) is 3.52. The maximum Gasteiger partial charge on any atom is 0.273 e. The molecule has 0 fully saturated rings. The molecule has 1 aromatic heterocycles. The van der Waals surface area contributed by atoms with Crippen LogP contribution in [0, 0.1) is 0 Å². The molecule has 0 saturated heterocycles. The van der Waals surface area contributed by atoms with E-state index in [-0.39, 0.29) is 18.0 Å². The highest BCUT2D eigenvalue weighted by Crippen LogP contribution is 2.11. The fourth-order valence-corrected chi connectivity index (χ4v) is 1.30. The SMILES string of the molecule is CCCC(O)CNC(=O)c1ncccc1O. The second kappa shape index (κ2) is 6.07. The summed E-state index contributed by atoms with van der Waals surface area (Å²) in [6.07, 6.45) is 2.36. The molecule has 0 aromatic carbocycles. The van der Waals surface area contributed by atoms with Crippen LogP contribution in [0.4, 0.5) is 0 Å². The van der Waals surface area contributed by atoms with E-state index in [9.17, 15) is 15.0 Å². The van der Waals surface area contributed by atoms with Crippen molar-refractivity contribution in [2.75, 3.05) is 6.54 Å². The number of amides is 1. The number of pyridine rings is 1. The highest BCUT2D eigenvalue weighted by Gasteiger charge is 2.12. The molecule has 0 saturated carbocycles. The Balaban J connectivity index is 2.50. The summed E-state index contributed by atoms with van der Waals surface area (Å²) in [4.78, 5) is 15.3. The van der Waals surface area contributed by atoms with Crippen molar-refractivity contribution in [3.8, 4) is 5.75 Å². The van der Waals surface area contributed by atoms with Gasteiger partial charge in [-0.3, -0.25) is 4.79 Å². The molecule has 1 rings (SSSR count). The minimum atomic E-state index is -0.556. The number of aromatic hydroxyl groups is 1. The zero-order chi connectivity index (χ0) is 12.0. The second-order valence-corrected chi connectivity index (χ2v) is 3.52. The first-order valence-corrected chi connectivity index (χ1v) is 5.25. The molecular weight excluding hydrogens is 208 g/mol. The Labute approximate surface area is 94.1 Å². The van der Waals surface area contributed by atoms with E-state index in [1.807, 2.05) is 6.92 Å². The molecule has 1 amide bonds. The monoisotopic (exact) mass is 224 g/mol. The maximum absolute atomic E-state index is 11.5. The third-order valence-corrected chi connectivity index (χ3v) is 2.12. The van der Waals surface area contributed by atoms with Crippen molar-refractivity contribution in [3.05, 3.63) is 24.0 Å². The summed E-state index contributed by atoms with van der Waals surface area (Å²) in [6, 6.07) is 2.93. The average Bonchev–Trinajstić information content (AvgIpc) is 2.27. The van der Waals surface area contributed by atoms with Crippen molar-refractivity contribution < 1.29 is 15.0 Å². The smallest absolute Gasteiger partial charge is 0.273 e. The normalized spacial score (nSPS) is 12.1. The number of carbonyl (C=O) groups excluding carboxylic acids is 1. The predicted octanol–water partition coefficient (Wildman–Crippen LogP) is 0.678. The van der Waals surface area contributed by atoms with E-state index in [1.165, 1.54) is 18.3 Å². The average molecular weight is 224 g/mol. The Morgan fingerprint density at radius 3 is 3.00 bits per heavy atom. The van der Waals surface area contributed by atoms with Gasteiger partial charge in [0.2, 0.25) is 0 Å². The Bertz CT molecular complexity index is 355. The summed E-state index contributed by atoms with van der Waals surface area (Å²) in [5, 5.41) is 21.3. The summed E-state index contributed by atoms with van der Waals surface area (Å²) in [5.41, 5.74) is -0.0220. The molecule has 0 radical (unpaired) electrons. The molecule has 16 heavy (non-hydrogen) atoms. The van der Waals surface area contributed by atoms with E-state index in [2.05, 4.69) is 10.3 Å². The number of hydrogen-bond acceptors (Lipinski definition) is 4. The van der Waals surface area contributed by atoms with Gasteiger partial charge in [-0.1, -0.05) is 13.3 Å². The number of aliphatic hydroxyl groups excluding tert-OH is 1. The first kappa shape index (κ1) is 12.4. The van der Waals surface area contributed by atoms with Gasteiger partial charge >= 0.3 is 0 Å². The summed E-state index contributed by atoms with van der Waals surface area (Å²) >= 11 is 0. The largest absolute Gasteiger partial charge is 0.505 e. The molecule has 1 aromatic rings. The van der Waals surface area contributed by atoms with Crippen LogP contribution in [0.25, 0.3) is 0 Å². The van der Waals surface area contributed by atoms with Crippen LogP contribution in [-0.4, -0.2) is 33.8 Å². The van der Waals surface area contributed by atoms with Crippen molar-refractivity contribution in [3.63, 3.8) is 0 Å². The Morgan fingerprint density at radius 2 is 2.38 bits per heavy atom. The first-order valence-electron chi connectivity index (χ1n) is 5.25. The molecule has 3 N–H and O–H groups in total. The van der Waals surface area contributed by atoms with E-state index in [4.69, 9.17) is 0 Å². The number of carbonyl (C=O) groups is 1. The molecule has 1 atom stereocenters. The standard InChI is InChI=1S/C11H16N2O3/c1-2-4-8(14)7-13-11(16)10-9(15)5-3-6-12-10/h3,5-6,8,14-15H,2,4,7H2,1H3,(H,13,16). The number of aliphatic hydroxyl groups is 1. The van der Waals surface area contributed by atoms with E-state index in [1.54, 1.807) is 0 Å². The zero-order valence-electron chi connectivity index (χ0n) is 9.18. The van der Waals surface area contributed by atoms with Gasteiger partial charge in [-0.25, -0.2) is 4.98 Å². The number of rotatable bonds is 5. The lowest BCUT2D eigenvalue weighted by Gasteiger charge is -2.10. The van der Waals surface area contributed by atoms with Gasteiger partial charge in [-0.2, -0.15) is 0 Å². The minimum Gasteiger partial charge on any atom is -0.505 e. The lowest BCUT2D eigenvalue weighted by Crippen LogP contribution is -2.32. The number of nitrogens with one attached hydrogen (secondary N) is 1. The van der Waals surface area contributed by atoms with Crippen LogP contribution < -0.4 is 5.32 Å². The van der Waals surface area contributed by atoms with E-state index in [0.29, 0.717) is 6.42 Å². The first-order chi connectivity index (χ1) is 7.65. The number of hydrogen-bond donors (Lipinski definition) is 3. The van der Waals surface area contributed by atoms with Crippen LogP contribution >= 0.6 is 0 Å². The molecule has 0 aliphatic heterocycles. The van der Waals surface area contributed by atoms with Crippen molar-refractivity contribution in [1.29, 1.82) is 0 Å². The van der Waals surface area contributed by atoms with Crippen molar-refractivity contribution >= 4 is 5.91 Å². The zero-order valence-corrected chi connectivity index (χ0v) is 9.18. The predicted molar refractivity (Wildman–Crippen MR) is 59.1 cm³/mol. The molecule has 0 spiro atoms. The van der Waals surface area contributed by atoms with Crippen LogP contribution in [0.5, 0.6) is 5.75 Å². The molecule has 1 heterocycles. The van der Waals surface area contributed by atoms with Gasteiger partial charge in [-0.05, 0) is 18.6 Å². The highest BCUT2D eigenvalue weighted by atomic mass is 16.3. The third kappa shape index (κ3) is 3.51. The van der Waals surface area contributed by atoms with Gasteiger partial charge in [0.25, 0.3) is 5.91 Å². The fourth-order valence-electron chi connectivity index (χ4n) is 1.30. The van der Waals surface area contributed by atoms with Crippen LogP contribution in [0.3, 0.4) is 0 Å². The molecule has 5 nitrogen and oxygen atoms in total. The van der Waals surface area contributed by atoms with Gasteiger partial charge in [-0.15, -0.1) is 0 Å². The maximum atomic E-state index is 11.5. The third-order valence-electron chi connectivity index (χ3n) is 2.12. The number of nitrogens with zero attached hydrogens (tertiary/aromatic N) is 1. The van der Waals surface area contributed by atoms with E-state index < -0.39 is 12.0 Å². The Kier molecular flexibility index (Phi) is 4.72. The minimum absolute atomic E-state index is 0.0220. The number of aromatic nitrogens is 1. The van der Waals surface area contributed by atoms with Crippen molar-refractivity contribution in [2.45, 2.75) is 25.9 Å². The van der Waals surface area contributed by atoms with Crippen molar-refractivity contribution in [1.82, 2.24) is 10.3 Å². The highest BCUT2D eigenvalue weighted by molar-refractivity contribution is 5.94. The van der Waals surface area contributed by atoms with E-state index >= 15 is 0 Å². The summed E-state index contributed by atoms with van der Waals surface area (Å²) < 4.78 is 0. The lowest BCUT2D eigenvalue weighted by molar-refractivity contribution is 0.0902. The molecule has 88 valence electrons. The van der Waals surface area contributed by atoms with Gasteiger partial charge in [0, 0.05) is 12.7 Å². The molecule has 5 heteroatoms. The molecule has 1 unspecified atom stereocenters. The van der Waals surface area contributed by atoms with Gasteiger partial charge < -0.3 is 15.5 Å². The Morgan fingerprint density at radius 1 is 1.62 bits per heavy atom. The summed E-state index contributed by atoms with van der Waals surface area (Å²) in [6.45, 7) is 2.12. The van der Waals surface area contributed by atoms with Gasteiger partial charge in [0.05, 0.1) is 6.10 Å². The van der Waals surface area contributed by atoms with Gasteiger partial charge in [0.1, 0.15) is 5.75 Å². The lowest BCUT2D eigenvalue weighted by atomic mass is 10.2. The summed E-state index contributed by atoms with van der Waals surface area (Å²) in [5.74, 6) is -0.641. The fraction of sp³-hybridized carbons (Fsp3) is 0.455. The van der Waals surface area contributed by atoms with Crippen molar-refractivity contribution in [2.24, 2.45) is 0 Å².